The first-order valence-electron chi connectivity index (χ1n) is 8.10. The molecule has 3 aromatic rings. The van der Waals surface area contributed by atoms with Crippen LogP contribution in [-0.2, 0) is 23.5 Å². The molecule has 0 aliphatic carbocycles. The number of sulfonamides is 1. The van der Waals surface area contributed by atoms with Crippen molar-refractivity contribution in [2.45, 2.75) is 24.2 Å². The molecule has 4 rings (SSSR count). The number of aromatic nitrogens is 5. The molecule has 132 valence electrons. The van der Waals surface area contributed by atoms with Crippen molar-refractivity contribution in [1.82, 2.24) is 27.8 Å². The second kappa shape index (κ2) is 6.43. The van der Waals surface area contributed by atoms with Gasteiger partial charge < -0.3 is 4.57 Å². The van der Waals surface area contributed by atoms with Crippen LogP contribution < -0.4 is 0 Å². The number of fused-ring (bicyclic) bond motifs is 1. The summed E-state index contributed by atoms with van der Waals surface area (Å²) in [6.07, 6.45) is 4.22. The minimum Gasteiger partial charge on any atom is -0.321 e. The van der Waals surface area contributed by atoms with Gasteiger partial charge in [-0.05, 0) is 30.9 Å². The minimum atomic E-state index is -3.59. The molecule has 0 saturated carbocycles. The third kappa shape index (κ3) is 3.05. The van der Waals surface area contributed by atoms with Gasteiger partial charge in [0.25, 0.3) is 0 Å². The lowest BCUT2D eigenvalue weighted by molar-refractivity contribution is 0.262. The maximum absolute atomic E-state index is 13.1. The zero-order chi connectivity index (χ0) is 17.4. The Balaban J connectivity index is 1.60. The summed E-state index contributed by atoms with van der Waals surface area (Å²) in [5, 5.41) is 8.02. The zero-order valence-electron chi connectivity index (χ0n) is 13.7. The number of benzene rings is 1. The van der Waals surface area contributed by atoms with Crippen LogP contribution in [0.3, 0.4) is 0 Å². The first kappa shape index (κ1) is 16.6. The van der Waals surface area contributed by atoms with E-state index in [0.717, 1.165) is 36.8 Å². The van der Waals surface area contributed by atoms with Gasteiger partial charge in [-0.15, -0.1) is 10.2 Å². The lowest BCUT2D eigenvalue weighted by Crippen LogP contribution is -2.40. The van der Waals surface area contributed by atoms with Gasteiger partial charge >= 0.3 is 0 Å². The van der Waals surface area contributed by atoms with Crippen molar-refractivity contribution in [2.24, 2.45) is 13.0 Å². The van der Waals surface area contributed by atoms with Crippen LogP contribution in [0, 0.1) is 5.92 Å². The summed E-state index contributed by atoms with van der Waals surface area (Å²) in [5.74, 6) is 1.12. The van der Waals surface area contributed by atoms with Gasteiger partial charge in [-0.3, -0.25) is 0 Å². The number of piperidine rings is 1. The number of hydrogen-bond acceptors (Lipinski definition) is 7. The molecule has 1 aromatic carbocycles. The summed E-state index contributed by atoms with van der Waals surface area (Å²) in [4.78, 5) is 0.248. The van der Waals surface area contributed by atoms with Crippen molar-refractivity contribution in [3.05, 3.63) is 30.4 Å². The van der Waals surface area contributed by atoms with Crippen LogP contribution in [0.2, 0.25) is 0 Å². The van der Waals surface area contributed by atoms with E-state index in [0.29, 0.717) is 24.1 Å². The van der Waals surface area contributed by atoms with E-state index in [1.807, 2.05) is 11.6 Å². The Labute approximate surface area is 149 Å². The van der Waals surface area contributed by atoms with Crippen molar-refractivity contribution < 1.29 is 8.42 Å². The highest BCUT2D eigenvalue weighted by Crippen LogP contribution is 2.29. The molecule has 1 unspecified atom stereocenters. The van der Waals surface area contributed by atoms with Gasteiger partial charge in [-0.2, -0.15) is 13.1 Å². The Morgan fingerprint density at radius 2 is 2.20 bits per heavy atom. The van der Waals surface area contributed by atoms with Crippen molar-refractivity contribution >= 4 is 32.8 Å². The molecule has 3 heterocycles. The predicted octanol–water partition coefficient (Wildman–Crippen LogP) is 1.46. The van der Waals surface area contributed by atoms with E-state index in [4.69, 9.17) is 0 Å². The molecular formula is C15H18N6O2S2. The molecule has 0 spiro atoms. The van der Waals surface area contributed by atoms with Gasteiger partial charge in [-0.25, -0.2) is 8.42 Å². The number of nitrogens with zero attached hydrogens (tertiary/aromatic N) is 6. The fourth-order valence-corrected chi connectivity index (χ4v) is 5.60. The smallest absolute Gasteiger partial charge is 0.245 e. The molecule has 1 atom stereocenters. The number of aryl methyl sites for hydroxylation is 1. The van der Waals surface area contributed by atoms with Gasteiger partial charge in [0.2, 0.25) is 10.0 Å². The van der Waals surface area contributed by atoms with E-state index < -0.39 is 10.0 Å². The molecule has 2 aromatic heterocycles. The fraction of sp³-hybridized carbons (Fsp3) is 0.467. The van der Waals surface area contributed by atoms with Crippen molar-refractivity contribution in [2.75, 3.05) is 13.1 Å². The summed E-state index contributed by atoms with van der Waals surface area (Å²) in [5.41, 5.74) is 1.08. The van der Waals surface area contributed by atoms with E-state index in [1.54, 1.807) is 28.8 Å². The highest BCUT2D eigenvalue weighted by molar-refractivity contribution is 7.89. The third-order valence-electron chi connectivity index (χ3n) is 4.62. The van der Waals surface area contributed by atoms with Gasteiger partial charge in [0, 0.05) is 26.6 Å². The number of hydrogen-bond donors (Lipinski definition) is 0. The maximum atomic E-state index is 13.1. The first-order chi connectivity index (χ1) is 12.1. The van der Waals surface area contributed by atoms with Gasteiger partial charge in [0.1, 0.15) is 28.1 Å². The Bertz CT molecular complexity index is 996. The van der Waals surface area contributed by atoms with Crippen LogP contribution in [0.25, 0.3) is 11.0 Å². The van der Waals surface area contributed by atoms with E-state index in [2.05, 4.69) is 18.9 Å². The Morgan fingerprint density at radius 1 is 1.32 bits per heavy atom. The van der Waals surface area contributed by atoms with Crippen LogP contribution in [-0.4, -0.2) is 49.3 Å². The molecule has 25 heavy (non-hydrogen) atoms. The first-order valence-corrected chi connectivity index (χ1v) is 10.3. The highest BCUT2D eigenvalue weighted by atomic mass is 32.2. The van der Waals surface area contributed by atoms with E-state index >= 15 is 0 Å². The van der Waals surface area contributed by atoms with Crippen LogP contribution >= 0.6 is 11.7 Å². The Kier molecular flexibility index (Phi) is 4.26. The Morgan fingerprint density at radius 3 is 3.00 bits per heavy atom. The monoisotopic (exact) mass is 378 g/mol. The summed E-state index contributed by atoms with van der Waals surface area (Å²) < 4.78 is 38.1. The summed E-state index contributed by atoms with van der Waals surface area (Å²) in [6, 6.07) is 5.12. The lowest BCUT2D eigenvalue weighted by atomic mass is 9.96. The standard InChI is InChI=1S/C15H18N6O2S2/c1-20-10-16-17-14(20)8-11-4-3-7-21(9-11)25(22,23)13-6-2-5-12-15(13)19-24-18-12/h2,5-6,10-11H,3-4,7-9H2,1H3. The predicted molar refractivity (Wildman–Crippen MR) is 93.6 cm³/mol. The van der Waals surface area contributed by atoms with Crippen molar-refractivity contribution in [3.63, 3.8) is 0 Å². The molecule has 10 heteroatoms. The van der Waals surface area contributed by atoms with E-state index in [9.17, 15) is 8.42 Å². The fourth-order valence-electron chi connectivity index (χ4n) is 3.29. The second-order valence-corrected chi connectivity index (χ2v) is 8.76. The van der Waals surface area contributed by atoms with E-state index in [-0.39, 0.29) is 10.8 Å². The molecule has 1 aliphatic rings. The third-order valence-corrected chi connectivity index (χ3v) is 7.06. The highest BCUT2D eigenvalue weighted by Gasteiger charge is 2.32. The van der Waals surface area contributed by atoms with Crippen LogP contribution in [0.15, 0.2) is 29.4 Å². The SMILES string of the molecule is Cn1cnnc1CC1CCCN(S(=O)(=O)c2cccc3nsnc23)C1. The van der Waals surface area contributed by atoms with Crippen LogP contribution in [0.1, 0.15) is 18.7 Å². The molecular weight excluding hydrogens is 360 g/mol. The summed E-state index contributed by atoms with van der Waals surface area (Å²) in [6.45, 7) is 1.02. The summed E-state index contributed by atoms with van der Waals surface area (Å²) >= 11 is 1.03. The van der Waals surface area contributed by atoms with Crippen LogP contribution in [0.4, 0.5) is 0 Å². The molecule has 0 N–H and O–H groups in total. The maximum Gasteiger partial charge on any atom is 0.245 e. The summed E-state index contributed by atoms with van der Waals surface area (Å²) in [7, 11) is -1.68. The second-order valence-electron chi connectivity index (χ2n) is 6.32. The number of rotatable bonds is 4. The Hall–Kier alpha value is -1.91. The average Bonchev–Trinajstić information content (AvgIpc) is 3.24. The molecule has 0 amide bonds. The molecule has 1 fully saturated rings. The lowest BCUT2D eigenvalue weighted by Gasteiger charge is -2.31. The largest absolute Gasteiger partial charge is 0.321 e. The quantitative estimate of drug-likeness (QED) is 0.682. The average molecular weight is 378 g/mol. The zero-order valence-corrected chi connectivity index (χ0v) is 15.4. The van der Waals surface area contributed by atoms with Crippen LogP contribution in [0.5, 0.6) is 0 Å². The van der Waals surface area contributed by atoms with Gasteiger partial charge in [0.05, 0.1) is 11.7 Å². The van der Waals surface area contributed by atoms with Crippen molar-refractivity contribution in [1.29, 1.82) is 0 Å². The van der Waals surface area contributed by atoms with Crippen molar-refractivity contribution in [3.8, 4) is 0 Å². The topological polar surface area (TPSA) is 93.9 Å². The van der Waals surface area contributed by atoms with Gasteiger partial charge in [-0.1, -0.05) is 6.07 Å². The molecule has 0 radical (unpaired) electrons. The molecule has 8 nitrogen and oxygen atoms in total. The normalized spacial score (nSPS) is 19.5. The molecule has 1 aliphatic heterocycles. The van der Waals surface area contributed by atoms with Gasteiger partial charge in [0.15, 0.2) is 0 Å². The van der Waals surface area contributed by atoms with E-state index in [1.165, 1.54) is 0 Å². The minimum absolute atomic E-state index is 0.235. The molecule has 1 saturated heterocycles. The molecule has 0 bridgehead atoms.